The summed E-state index contributed by atoms with van der Waals surface area (Å²) in [4.78, 5) is 0. The van der Waals surface area contributed by atoms with Crippen LogP contribution in [0, 0.1) is 11.6 Å². The van der Waals surface area contributed by atoms with Gasteiger partial charge in [0, 0.05) is 28.2 Å². The highest BCUT2D eigenvalue weighted by atomic mass is 79.9. The highest BCUT2D eigenvalue weighted by Gasteiger charge is 2.11. The van der Waals surface area contributed by atoms with Gasteiger partial charge >= 0.3 is 0 Å². The summed E-state index contributed by atoms with van der Waals surface area (Å²) < 4.78 is 28.6. The van der Waals surface area contributed by atoms with Gasteiger partial charge in [0.05, 0.1) is 0 Å². The minimum Gasteiger partial charge on any atom is -0.310 e. The van der Waals surface area contributed by atoms with E-state index in [1.165, 1.54) is 12.1 Å². The molecule has 0 aliphatic rings. The largest absolute Gasteiger partial charge is 0.310 e. The van der Waals surface area contributed by atoms with Crippen molar-refractivity contribution in [2.24, 2.45) is 0 Å². The summed E-state index contributed by atoms with van der Waals surface area (Å²) in [6.07, 6.45) is 0. The quantitative estimate of drug-likeness (QED) is 0.835. The van der Waals surface area contributed by atoms with Crippen molar-refractivity contribution in [3.8, 4) is 11.1 Å². The van der Waals surface area contributed by atoms with E-state index in [1.807, 2.05) is 13.8 Å². The van der Waals surface area contributed by atoms with E-state index in [-0.39, 0.29) is 11.1 Å². The molecule has 0 fully saturated rings. The van der Waals surface area contributed by atoms with Crippen LogP contribution in [0.1, 0.15) is 19.4 Å². The Balaban J connectivity index is 2.40. The van der Waals surface area contributed by atoms with Crippen LogP contribution in [0.25, 0.3) is 11.1 Å². The van der Waals surface area contributed by atoms with E-state index in [4.69, 9.17) is 0 Å². The first-order valence-electron chi connectivity index (χ1n) is 6.44. The number of rotatable bonds is 4. The lowest BCUT2D eigenvalue weighted by atomic mass is 10.0. The number of hydrogen-bond donors (Lipinski definition) is 1. The topological polar surface area (TPSA) is 12.0 Å². The van der Waals surface area contributed by atoms with Gasteiger partial charge in [0.25, 0.3) is 0 Å². The minimum absolute atomic E-state index is 0.267. The molecule has 0 aliphatic carbocycles. The number of benzene rings is 2. The van der Waals surface area contributed by atoms with Gasteiger partial charge in [-0.05, 0) is 35.9 Å². The van der Waals surface area contributed by atoms with Crippen LogP contribution in [-0.4, -0.2) is 6.04 Å². The van der Waals surface area contributed by atoms with Crippen LogP contribution >= 0.6 is 15.9 Å². The van der Waals surface area contributed by atoms with Gasteiger partial charge in [0.15, 0.2) is 0 Å². The molecule has 0 aromatic heterocycles. The smallest absolute Gasteiger partial charge is 0.131 e. The van der Waals surface area contributed by atoms with Gasteiger partial charge < -0.3 is 5.32 Å². The third kappa shape index (κ3) is 3.64. The van der Waals surface area contributed by atoms with Gasteiger partial charge in [-0.15, -0.1) is 0 Å². The lowest BCUT2D eigenvalue weighted by Gasteiger charge is -2.11. The summed E-state index contributed by atoms with van der Waals surface area (Å²) in [6.45, 7) is 4.71. The summed E-state index contributed by atoms with van der Waals surface area (Å²) in [5, 5.41) is 3.26. The van der Waals surface area contributed by atoms with Gasteiger partial charge in [0.1, 0.15) is 11.6 Å². The normalized spacial score (nSPS) is 11.1. The van der Waals surface area contributed by atoms with Crippen molar-refractivity contribution < 1.29 is 8.78 Å². The Kier molecular flexibility index (Phi) is 4.89. The molecule has 0 amide bonds. The standard InChI is InChI=1S/C16H16BrF2N/c1-10(2)20-9-11-3-5-15(18)13(7-11)14-8-12(17)4-6-16(14)19/h3-8,10,20H,9H2,1-2H3. The molecule has 2 aromatic carbocycles. The lowest BCUT2D eigenvalue weighted by Crippen LogP contribution is -2.21. The van der Waals surface area contributed by atoms with Gasteiger partial charge in [-0.25, -0.2) is 8.78 Å². The Morgan fingerprint density at radius 3 is 2.25 bits per heavy atom. The van der Waals surface area contributed by atoms with Gasteiger partial charge in [-0.3, -0.25) is 0 Å². The van der Waals surface area contributed by atoms with Crippen LogP contribution < -0.4 is 5.32 Å². The zero-order valence-electron chi connectivity index (χ0n) is 11.4. The first kappa shape index (κ1) is 15.1. The molecule has 0 unspecified atom stereocenters. The zero-order chi connectivity index (χ0) is 14.7. The highest BCUT2D eigenvalue weighted by Crippen LogP contribution is 2.29. The van der Waals surface area contributed by atoms with Crippen LogP contribution in [0.2, 0.25) is 0 Å². The Morgan fingerprint density at radius 2 is 1.60 bits per heavy atom. The maximum atomic E-state index is 14.0. The highest BCUT2D eigenvalue weighted by molar-refractivity contribution is 9.10. The monoisotopic (exact) mass is 339 g/mol. The summed E-state index contributed by atoms with van der Waals surface area (Å²) in [5.74, 6) is -0.851. The van der Waals surface area contributed by atoms with Gasteiger partial charge in [0.2, 0.25) is 0 Å². The Bertz CT molecular complexity index is 611. The maximum absolute atomic E-state index is 14.0. The molecule has 0 heterocycles. The fourth-order valence-electron chi connectivity index (χ4n) is 1.91. The number of halogens is 3. The Hall–Kier alpha value is -1.26. The Labute approximate surface area is 126 Å². The van der Waals surface area contributed by atoms with E-state index in [0.717, 1.165) is 10.0 Å². The number of nitrogens with one attached hydrogen (secondary N) is 1. The van der Waals surface area contributed by atoms with Crippen LogP contribution in [-0.2, 0) is 6.54 Å². The second-order valence-electron chi connectivity index (χ2n) is 4.97. The number of hydrogen-bond acceptors (Lipinski definition) is 1. The van der Waals surface area contributed by atoms with E-state index >= 15 is 0 Å². The van der Waals surface area contributed by atoms with Crippen molar-refractivity contribution in [2.45, 2.75) is 26.4 Å². The van der Waals surface area contributed by atoms with Crippen LogP contribution in [0.15, 0.2) is 40.9 Å². The van der Waals surface area contributed by atoms with Crippen molar-refractivity contribution in [1.82, 2.24) is 5.32 Å². The molecular formula is C16H16BrF2N. The van der Waals surface area contributed by atoms with Crippen molar-refractivity contribution in [3.05, 3.63) is 58.1 Å². The van der Waals surface area contributed by atoms with Crippen molar-refractivity contribution in [1.29, 1.82) is 0 Å². The summed E-state index contributed by atoms with van der Waals surface area (Å²) >= 11 is 3.29. The molecule has 1 N–H and O–H groups in total. The van der Waals surface area contributed by atoms with E-state index in [1.54, 1.807) is 24.3 Å². The molecule has 2 aromatic rings. The zero-order valence-corrected chi connectivity index (χ0v) is 13.0. The predicted octanol–water partition coefficient (Wildman–Crippen LogP) is 4.89. The van der Waals surface area contributed by atoms with Gasteiger partial charge in [-0.1, -0.05) is 35.8 Å². The fourth-order valence-corrected chi connectivity index (χ4v) is 2.28. The van der Waals surface area contributed by atoms with E-state index < -0.39 is 11.6 Å². The summed E-state index contributed by atoms with van der Waals surface area (Å²) in [6, 6.07) is 9.64. The summed E-state index contributed by atoms with van der Waals surface area (Å²) in [7, 11) is 0. The average Bonchev–Trinajstić information content (AvgIpc) is 2.41. The van der Waals surface area contributed by atoms with Crippen LogP contribution in [0.5, 0.6) is 0 Å². The van der Waals surface area contributed by atoms with Crippen LogP contribution in [0.3, 0.4) is 0 Å². The van der Waals surface area contributed by atoms with E-state index in [2.05, 4.69) is 21.2 Å². The second kappa shape index (κ2) is 6.46. The molecule has 4 heteroatoms. The Morgan fingerprint density at radius 1 is 1.00 bits per heavy atom. The predicted molar refractivity (Wildman–Crippen MR) is 81.5 cm³/mol. The molecular weight excluding hydrogens is 324 g/mol. The molecule has 2 rings (SSSR count). The van der Waals surface area contributed by atoms with E-state index in [9.17, 15) is 8.78 Å². The lowest BCUT2D eigenvalue weighted by molar-refractivity contribution is 0.586. The third-order valence-electron chi connectivity index (χ3n) is 2.96. The second-order valence-corrected chi connectivity index (χ2v) is 5.89. The van der Waals surface area contributed by atoms with E-state index in [0.29, 0.717) is 12.6 Å². The van der Waals surface area contributed by atoms with Crippen molar-refractivity contribution in [3.63, 3.8) is 0 Å². The van der Waals surface area contributed by atoms with Crippen LogP contribution in [0.4, 0.5) is 8.78 Å². The molecule has 0 saturated heterocycles. The molecule has 106 valence electrons. The average molecular weight is 340 g/mol. The molecule has 0 bridgehead atoms. The molecule has 0 spiro atoms. The summed E-state index contributed by atoms with van der Waals surface area (Å²) in [5.41, 5.74) is 1.48. The third-order valence-corrected chi connectivity index (χ3v) is 3.46. The SMILES string of the molecule is CC(C)NCc1ccc(F)c(-c2cc(Br)ccc2F)c1. The minimum atomic E-state index is -0.430. The molecule has 0 radical (unpaired) electrons. The fraction of sp³-hybridized carbons (Fsp3) is 0.250. The van der Waals surface area contributed by atoms with Crippen molar-refractivity contribution >= 4 is 15.9 Å². The molecule has 20 heavy (non-hydrogen) atoms. The first-order chi connectivity index (χ1) is 9.47. The maximum Gasteiger partial charge on any atom is 0.131 e. The van der Waals surface area contributed by atoms with Gasteiger partial charge in [-0.2, -0.15) is 0 Å². The molecule has 0 aliphatic heterocycles. The first-order valence-corrected chi connectivity index (χ1v) is 7.24. The molecule has 0 saturated carbocycles. The van der Waals surface area contributed by atoms with Crippen molar-refractivity contribution in [2.75, 3.05) is 0 Å². The molecule has 0 atom stereocenters. The molecule has 1 nitrogen and oxygen atoms in total.